The third-order valence-electron chi connectivity index (χ3n) is 4.17. The molecule has 0 spiro atoms. The normalized spacial score (nSPS) is 17.1. The first-order chi connectivity index (χ1) is 9.58. The summed E-state index contributed by atoms with van der Waals surface area (Å²) in [6.45, 7) is 6.74. The summed E-state index contributed by atoms with van der Waals surface area (Å²) in [6, 6.07) is 15.8. The number of allylic oxidation sites excluding steroid dienone is 1. The second-order valence-electron chi connectivity index (χ2n) is 5.91. The summed E-state index contributed by atoms with van der Waals surface area (Å²) in [5.41, 5.74) is 8.56. The molecular weight excluding hydrogens is 319 g/mol. The van der Waals surface area contributed by atoms with Gasteiger partial charge < -0.3 is 0 Å². The van der Waals surface area contributed by atoms with E-state index >= 15 is 0 Å². The van der Waals surface area contributed by atoms with Gasteiger partial charge in [0.2, 0.25) is 0 Å². The molecule has 0 bridgehead atoms. The van der Waals surface area contributed by atoms with Crippen molar-refractivity contribution in [3.8, 4) is 11.1 Å². The van der Waals surface area contributed by atoms with Crippen LogP contribution in [-0.4, -0.2) is 0 Å². The molecule has 0 saturated carbocycles. The zero-order valence-electron chi connectivity index (χ0n) is 12.3. The molecule has 0 saturated heterocycles. The van der Waals surface area contributed by atoms with Gasteiger partial charge in [0.05, 0.1) is 0 Å². The molecule has 0 aliphatic heterocycles. The van der Waals surface area contributed by atoms with Crippen LogP contribution in [0.15, 0.2) is 48.0 Å². The molecule has 1 atom stereocenters. The average Bonchev–Trinajstić information content (AvgIpc) is 2.74. The van der Waals surface area contributed by atoms with E-state index in [4.69, 9.17) is 0 Å². The Labute approximate surface area is 136 Å². The minimum absolute atomic E-state index is 0.594. The Balaban J connectivity index is 2.08. The molecule has 0 N–H and O–H groups in total. The Kier molecular flexibility index (Phi) is 3.82. The Morgan fingerprint density at radius 2 is 1.70 bits per heavy atom. The van der Waals surface area contributed by atoms with Crippen LogP contribution in [0, 0.1) is 0 Å². The van der Waals surface area contributed by atoms with E-state index in [1.54, 1.807) is 24.7 Å². The van der Waals surface area contributed by atoms with E-state index in [1.807, 2.05) is 0 Å². The fourth-order valence-electron chi connectivity index (χ4n) is 2.85. The van der Waals surface area contributed by atoms with Crippen molar-refractivity contribution in [1.29, 1.82) is 0 Å². The molecule has 0 radical (unpaired) electrons. The molecule has 20 heavy (non-hydrogen) atoms. The number of hydrogen-bond acceptors (Lipinski definition) is 0. The summed E-state index contributed by atoms with van der Waals surface area (Å²) in [7, 11) is 0. The molecule has 0 nitrogen and oxygen atoms in total. The second-order valence-corrected chi connectivity index (χ2v) is 7.33. The van der Waals surface area contributed by atoms with Gasteiger partial charge in [-0.2, -0.15) is 0 Å². The molecular formula is C19H19Zr. The van der Waals surface area contributed by atoms with Gasteiger partial charge in [-0.25, -0.2) is 0 Å². The molecule has 2 aromatic rings. The van der Waals surface area contributed by atoms with Crippen molar-refractivity contribution in [3.05, 3.63) is 64.7 Å². The maximum absolute atomic E-state index is 2.38. The molecule has 0 amide bonds. The average molecular weight is 339 g/mol. The van der Waals surface area contributed by atoms with Crippen LogP contribution in [-0.2, 0) is 24.7 Å². The van der Waals surface area contributed by atoms with E-state index in [0.29, 0.717) is 9.54 Å². The Hall–Kier alpha value is -0.937. The van der Waals surface area contributed by atoms with Crippen LogP contribution in [0.4, 0.5) is 0 Å². The summed E-state index contributed by atoms with van der Waals surface area (Å²) in [5, 5.41) is 0. The van der Waals surface area contributed by atoms with E-state index in [0.717, 1.165) is 0 Å². The fraction of sp³-hybridized carbons (Fsp3) is 0.263. The van der Waals surface area contributed by atoms with E-state index < -0.39 is 0 Å². The first-order valence-electron chi connectivity index (χ1n) is 7.20. The summed E-state index contributed by atoms with van der Waals surface area (Å²) in [4.78, 5) is 0. The summed E-state index contributed by atoms with van der Waals surface area (Å²) in [6.07, 6.45) is 2.38. The quantitative estimate of drug-likeness (QED) is 0.680. The van der Waals surface area contributed by atoms with Gasteiger partial charge >= 0.3 is 137 Å². The van der Waals surface area contributed by atoms with E-state index in [2.05, 4.69) is 69.3 Å². The third-order valence-corrected chi connectivity index (χ3v) is 6.05. The van der Waals surface area contributed by atoms with Gasteiger partial charge in [0.1, 0.15) is 0 Å². The van der Waals surface area contributed by atoms with Crippen molar-refractivity contribution in [2.45, 2.75) is 30.3 Å². The summed E-state index contributed by atoms with van der Waals surface area (Å²) >= 11 is 1.59. The Bertz CT molecular complexity index is 663. The van der Waals surface area contributed by atoms with Crippen LogP contribution in [0.25, 0.3) is 17.2 Å². The molecule has 99 valence electrons. The Morgan fingerprint density at radius 1 is 1.00 bits per heavy atom. The monoisotopic (exact) mass is 337 g/mol. The molecule has 1 aliphatic carbocycles. The van der Waals surface area contributed by atoms with Gasteiger partial charge in [0, 0.05) is 0 Å². The van der Waals surface area contributed by atoms with E-state index in [1.165, 1.54) is 33.4 Å². The molecule has 0 aromatic heterocycles. The van der Waals surface area contributed by atoms with Crippen LogP contribution in [0.3, 0.4) is 0 Å². The van der Waals surface area contributed by atoms with Crippen LogP contribution < -0.4 is 0 Å². The molecule has 0 fully saturated rings. The van der Waals surface area contributed by atoms with Crippen molar-refractivity contribution < 1.29 is 24.7 Å². The minimum atomic E-state index is 0.594. The predicted octanol–water partition coefficient (Wildman–Crippen LogP) is 5.48. The Morgan fingerprint density at radius 3 is 2.35 bits per heavy atom. The molecule has 3 rings (SSSR count). The molecule has 1 aliphatic rings. The SMILES string of the molecule is CC1=Cc2c(-c3ccc(C(C)C)cc3)cccc2[CH]1[Zr]. The van der Waals surface area contributed by atoms with Crippen molar-refractivity contribution in [2.24, 2.45) is 0 Å². The zero-order chi connectivity index (χ0) is 14.3. The van der Waals surface area contributed by atoms with Gasteiger partial charge in [0.15, 0.2) is 0 Å². The first kappa shape index (κ1) is 14.0. The van der Waals surface area contributed by atoms with Crippen molar-refractivity contribution >= 4 is 6.08 Å². The number of rotatable bonds is 2. The predicted molar refractivity (Wildman–Crippen MR) is 82.4 cm³/mol. The first-order valence-corrected chi connectivity index (χ1v) is 8.62. The van der Waals surface area contributed by atoms with Gasteiger partial charge in [0.25, 0.3) is 0 Å². The molecule has 1 unspecified atom stereocenters. The van der Waals surface area contributed by atoms with Crippen LogP contribution in [0.2, 0.25) is 0 Å². The van der Waals surface area contributed by atoms with Crippen molar-refractivity contribution in [3.63, 3.8) is 0 Å². The van der Waals surface area contributed by atoms with E-state index in [9.17, 15) is 0 Å². The van der Waals surface area contributed by atoms with Gasteiger partial charge in [-0.1, -0.05) is 0 Å². The molecule has 0 heterocycles. The zero-order valence-corrected chi connectivity index (χ0v) is 14.7. The van der Waals surface area contributed by atoms with Crippen LogP contribution in [0.5, 0.6) is 0 Å². The van der Waals surface area contributed by atoms with E-state index in [-0.39, 0.29) is 0 Å². The standard InChI is InChI=1S/C19H19.Zr/c1-13(2)15-7-9-16(10-8-15)18-6-4-5-17-11-14(3)12-19(17)18;/h4-13H,1-3H3;. The number of hydrogen-bond donors (Lipinski definition) is 0. The second kappa shape index (κ2) is 5.45. The number of fused-ring (bicyclic) bond motifs is 1. The van der Waals surface area contributed by atoms with Gasteiger partial charge in [-0.15, -0.1) is 0 Å². The van der Waals surface area contributed by atoms with Crippen molar-refractivity contribution in [1.82, 2.24) is 0 Å². The number of benzene rings is 2. The fourth-order valence-corrected chi connectivity index (χ4v) is 3.68. The molecule has 2 aromatic carbocycles. The van der Waals surface area contributed by atoms with Crippen LogP contribution in [0.1, 0.15) is 47.0 Å². The summed E-state index contributed by atoms with van der Waals surface area (Å²) in [5.74, 6) is 0.594. The maximum atomic E-state index is 2.38. The van der Waals surface area contributed by atoms with Gasteiger partial charge in [-0.3, -0.25) is 0 Å². The van der Waals surface area contributed by atoms with Gasteiger partial charge in [-0.05, 0) is 0 Å². The summed E-state index contributed by atoms with van der Waals surface area (Å²) < 4.78 is 0.645. The van der Waals surface area contributed by atoms with Crippen molar-refractivity contribution in [2.75, 3.05) is 0 Å². The molecule has 1 heteroatoms. The third kappa shape index (κ3) is 2.37. The topological polar surface area (TPSA) is 0 Å². The van der Waals surface area contributed by atoms with Crippen LogP contribution >= 0.6 is 0 Å².